The van der Waals surface area contributed by atoms with Crippen molar-refractivity contribution < 1.29 is 24.2 Å². The molecule has 0 saturated carbocycles. The summed E-state index contributed by atoms with van der Waals surface area (Å²) in [5, 5.41) is 9.33. The molecule has 2 rings (SSSR count). The maximum atomic E-state index is 12.4. The van der Waals surface area contributed by atoms with E-state index in [1.165, 1.54) is 0 Å². The van der Waals surface area contributed by atoms with Gasteiger partial charge in [0, 0.05) is 18.1 Å². The summed E-state index contributed by atoms with van der Waals surface area (Å²) in [5.41, 5.74) is 0. The minimum Gasteiger partial charge on any atom is -0.481 e. The zero-order valence-electron chi connectivity index (χ0n) is 12.2. The molecule has 1 saturated heterocycles. The highest BCUT2D eigenvalue weighted by Crippen LogP contribution is 2.19. The Morgan fingerprint density at radius 1 is 1.55 bits per heavy atom. The Labute approximate surface area is 133 Å². The zero-order valence-corrected chi connectivity index (χ0v) is 13.0. The van der Waals surface area contributed by atoms with Gasteiger partial charge < -0.3 is 19.5 Å². The van der Waals surface area contributed by atoms with Crippen LogP contribution < -0.4 is 4.74 Å². The van der Waals surface area contributed by atoms with Gasteiger partial charge >= 0.3 is 5.97 Å². The van der Waals surface area contributed by atoms with E-state index in [2.05, 4.69) is 0 Å². The fourth-order valence-electron chi connectivity index (χ4n) is 2.29. The van der Waals surface area contributed by atoms with Crippen LogP contribution in [0.2, 0.25) is 5.02 Å². The third kappa shape index (κ3) is 4.61. The average Bonchev–Trinajstić information content (AvgIpc) is 2.46. The van der Waals surface area contributed by atoms with Gasteiger partial charge in [-0.25, -0.2) is 0 Å². The molecule has 1 heterocycles. The second-order valence-electron chi connectivity index (χ2n) is 5.09. The van der Waals surface area contributed by atoms with Gasteiger partial charge in [-0.15, -0.1) is 0 Å². The highest BCUT2D eigenvalue weighted by molar-refractivity contribution is 6.30. The first-order chi connectivity index (χ1) is 10.5. The molecule has 1 aliphatic rings. The molecule has 2 atom stereocenters. The molecule has 1 aliphatic heterocycles. The number of benzene rings is 1. The number of carbonyl (C=O) groups excluding carboxylic acids is 1. The van der Waals surface area contributed by atoms with Crippen LogP contribution in [-0.2, 0) is 14.3 Å². The van der Waals surface area contributed by atoms with Crippen LogP contribution in [0.5, 0.6) is 5.75 Å². The molecule has 0 radical (unpaired) electrons. The number of aliphatic carboxylic acids is 1. The standard InChI is InChI=1S/C15H18ClNO5/c1-10(22-12-4-2-3-11(16)7-12)15(20)17-5-6-21-13(9-17)8-14(18)19/h2-4,7,10,13H,5-6,8-9H2,1H3,(H,18,19). The Bertz CT molecular complexity index is 550. The number of morpholine rings is 1. The first kappa shape index (κ1) is 16.6. The van der Waals surface area contributed by atoms with E-state index >= 15 is 0 Å². The minimum atomic E-state index is -0.942. The summed E-state index contributed by atoms with van der Waals surface area (Å²) >= 11 is 5.88. The predicted molar refractivity (Wildman–Crippen MR) is 80.1 cm³/mol. The van der Waals surface area contributed by atoms with Crippen molar-refractivity contribution in [3.8, 4) is 5.75 Å². The molecule has 1 aromatic rings. The van der Waals surface area contributed by atoms with Gasteiger partial charge in [-0.05, 0) is 25.1 Å². The van der Waals surface area contributed by atoms with Gasteiger partial charge in [0.05, 0.1) is 19.1 Å². The van der Waals surface area contributed by atoms with Crippen LogP contribution in [0.15, 0.2) is 24.3 Å². The van der Waals surface area contributed by atoms with Crippen molar-refractivity contribution in [3.63, 3.8) is 0 Å². The molecule has 0 aromatic heterocycles. The van der Waals surface area contributed by atoms with Crippen LogP contribution >= 0.6 is 11.6 Å². The molecule has 2 unspecified atom stereocenters. The van der Waals surface area contributed by atoms with Crippen molar-refractivity contribution in [1.82, 2.24) is 4.90 Å². The van der Waals surface area contributed by atoms with Crippen LogP contribution in [0.25, 0.3) is 0 Å². The van der Waals surface area contributed by atoms with Gasteiger partial charge in [-0.2, -0.15) is 0 Å². The number of hydrogen-bond donors (Lipinski definition) is 1. The van der Waals surface area contributed by atoms with Crippen molar-refractivity contribution in [2.75, 3.05) is 19.7 Å². The molecule has 1 N–H and O–H groups in total. The summed E-state index contributed by atoms with van der Waals surface area (Å²) in [6, 6.07) is 6.83. The van der Waals surface area contributed by atoms with E-state index in [0.717, 1.165) is 0 Å². The van der Waals surface area contributed by atoms with Crippen molar-refractivity contribution in [1.29, 1.82) is 0 Å². The van der Waals surface area contributed by atoms with Gasteiger partial charge in [0.25, 0.3) is 5.91 Å². The van der Waals surface area contributed by atoms with Crippen LogP contribution in [0.3, 0.4) is 0 Å². The van der Waals surface area contributed by atoms with E-state index in [4.69, 9.17) is 26.2 Å². The van der Waals surface area contributed by atoms with Crippen LogP contribution in [0.1, 0.15) is 13.3 Å². The summed E-state index contributed by atoms with van der Waals surface area (Å²) < 4.78 is 10.9. The second-order valence-corrected chi connectivity index (χ2v) is 5.53. The van der Waals surface area contributed by atoms with Crippen LogP contribution in [-0.4, -0.2) is 53.8 Å². The number of carbonyl (C=O) groups is 2. The first-order valence-electron chi connectivity index (χ1n) is 7.00. The molecule has 7 heteroatoms. The smallest absolute Gasteiger partial charge is 0.306 e. The predicted octanol–water partition coefficient (Wildman–Crippen LogP) is 1.81. The van der Waals surface area contributed by atoms with Gasteiger partial charge in [0.1, 0.15) is 5.75 Å². The summed E-state index contributed by atoms with van der Waals surface area (Å²) in [6.07, 6.45) is -1.27. The Morgan fingerprint density at radius 3 is 3.00 bits per heavy atom. The van der Waals surface area contributed by atoms with Crippen LogP contribution in [0, 0.1) is 0 Å². The molecular weight excluding hydrogens is 310 g/mol. The van der Waals surface area contributed by atoms with Gasteiger partial charge in [0.2, 0.25) is 0 Å². The topological polar surface area (TPSA) is 76.1 Å². The lowest BCUT2D eigenvalue weighted by atomic mass is 10.2. The van der Waals surface area contributed by atoms with Gasteiger partial charge in [-0.3, -0.25) is 9.59 Å². The monoisotopic (exact) mass is 327 g/mol. The van der Waals surface area contributed by atoms with Crippen molar-refractivity contribution in [3.05, 3.63) is 29.3 Å². The number of hydrogen-bond acceptors (Lipinski definition) is 4. The largest absolute Gasteiger partial charge is 0.481 e. The maximum absolute atomic E-state index is 12.4. The lowest BCUT2D eigenvalue weighted by Gasteiger charge is -2.33. The molecule has 1 amide bonds. The normalized spacial score (nSPS) is 19.5. The fraction of sp³-hybridized carbons (Fsp3) is 0.467. The molecule has 0 bridgehead atoms. The van der Waals surface area contributed by atoms with E-state index in [-0.39, 0.29) is 18.9 Å². The zero-order chi connectivity index (χ0) is 16.1. The van der Waals surface area contributed by atoms with E-state index < -0.39 is 18.2 Å². The summed E-state index contributed by atoms with van der Waals surface area (Å²) in [7, 11) is 0. The number of rotatable bonds is 5. The van der Waals surface area contributed by atoms with E-state index in [1.54, 1.807) is 36.1 Å². The number of nitrogens with zero attached hydrogens (tertiary/aromatic N) is 1. The minimum absolute atomic E-state index is 0.118. The third-order valence-corrected chi connectivity index (χ3v) is 3.54. The van der Waals surface area contributed by atoms with E-state index in [9.17, 15) is 9.59 Å². The number of amides is 1. The number of carboxylic acid groups (broad SMARTS) is 1. The summed E-state index contributed by atoms with van der Waals surface area (Å²) in [4.78, 5) is 24.7. The Kier molecular flexibility index (Phi) is 5.63. The SMILES string of the molecule is CC(Oc1cccc(Cl)c1)C(=O)N1CCOC(CC(=O)O)C1. The highest BCUT2D eigenvalue weighted by atomic mass is 35.5. The van der Waals surface area contributed by atoms with E-state index in [1.807, 2.05) is 0 Å². The first-order valence-corrected chi connectivity index (χ1v) is 7.38. The molecule has 1 aromatic carbocycles. The molecule has 6 nitrogen and oxygen atoms in total. The molecular formula is C15H18ClNO5. The third-order valence-electron chi connectivity index (χ3n) is 3.31. The highest BCUT2D eigenvalue weighted by Gasteiger charge is 2.29. The molecule has 22 heavy (non-hydrogen) atoms. The molecule has 1 fully saturated rings. The van der Waals surface area contributed by atoms with E-state index in [0.29, 0.717) is 23.9 Å². The molecule has 0 spiro atoms. The van der Waals surface area contributed by atoms with Gasteiger partial charge in [-0.1, -0.05) is 17.7 Å². The quantitative estimate of drug-likeness (QED) is 0.892. The Hall–Kier alpha value is -1.79. The number of ether oxygens (including phenoxy) is 2. The lowest BCUT2D eigenvalue weighted by Crippen LogP contribution is -2.50. The summed E-state index contributed by atoms with van der Waals surface area (Å²) in [5.74, 6) is -0.620. The van der Waals surface area contributed by atoms with Crippen molar-refractivity contribution >= 4 is 23.5 Å². The second kappa shape index (κ2) is 7.47. The Balaban J connectivity index is 1.93. The van der Waals surface area contributed by atoms with Crippen LogP contribution in [0.4, 0.5) is 0 Å². The fourth-order valence-corrected chi connectivity index (χ4v) is 2.47. The number of halogens is 1. The number of carboxylic acids is 1. The maximum Gasteiger partial charge on any atom is 0.306 e. The lowest BCUT2D eigenvalue weighted by molar-refractivity contribution is -0.151. The Morgan fingerprint density at radius 2 is 2.32 bits per heavy atom. The molecule has 0 aliphatic carbocycles. The van der Waals surface area contributed by atoms with Crippen molar-refractivity contribution in [2.24, 2.45) is 0 Å². The van der Waals surface area contributed by atoms with Gasteiger partial charge in [0.15, 0.2) is 6.10 Å². The molecule has 120 valence electrons. The average molecular weight is 328 g/mol. The van der Waals surface area contributed by atoms with Crippen molar-refractivity contribution in [2.45, 2.75) is 25.6 Å². The summed E-state index contributed by atoms with van der Waals surface area (Å²) in [6.45, 7) is 2.67.